The summed E-state index contributed by atoms with van der Waals surface area (Å²) in [6.45, 7) is 2.05. The number of hydrogen-bond donors (Lipinski definition) is 1. The van der Waals surface area contributed by atoms with Crippen LogP contribution in [-0.4, -0.2) is 44.5 Å². The highest BCUT2D eigenvalue weighted by Gasteiger charge is 2.21. The summed E-state index contributed by atoms with van der Waals surface area (Å²) in [6.07, 6.45) is 9.02. The Kier molecular flexibility index (Phi) is 5.03. The van der Waals surface area contributed by atoms with Gasteiger partial charge in [-0.15, -0.1) is 0 Å². The lowest BCUT2D eigenvalue weighted by atomic mass is 10.1. The Hall–Kier alpha value is -3.45. The third kappa shape index (κ3) is 3.71. The van der Waals surface area contributed by atoms with E-state index in [2.05, 4.69) is 32.1 Å². The lowest BCUT2D eigenvalue weighted by Gasteiger charge is -2.22. The normalized spacial score (nSPS) is 14.8. The molecule has 0 aliphatic carbocycles. The Morgan fingerprint density at radius 3 is 2.70 bits per heavy atom. The molecule has 1 aliphatic rings. The number of ether oxygens (including phenoxy) is 1. The highest BCUT2D eigenvalue weighted by atomic mass is 16.5. The van der Waals surface area contributed by atoms with Crippen molar-refractivity contribution in [2.24, 2.45) is 0 Å². The number of nitrogens with one attached hydrogen (secondary N) is 1. The van der Waals surface area contributed by atoms with Crippen molar-refractivity contribution in [3.05, 3.63) is 78.4 Å². The number of pyridine rings is 1. The maximum atomic E-state index is 13.0. The smallest absolute Gasteiger partial charge is 0.255 e. The molecular weight excluding hydrogens is 378 g/mol. The van der Waals surface area contributed by atoms with E-state index in [4.69, 9.17) is 4.74 Å². The second kappa shape index (κ2) is 8.12. The molecule has 1 aromatic carbocycles. The van der Waals surface area contributed by atoms with Crippen molar-refractivity contribution >= 4 is 16.9 Å². The number of rotatable bonds is 5. The molecule has 0 saturated carbocycles. The van der Waals surface area contributed by atoms with Gasteiger partial charge in [0.1, 0.15) is 5.52 Å². The minimum absolute atomic E-state index is 0.0709. The van der Waals surface area contributed by atoms with Crippen LogP contribution in [0.1, 0.15) is 28.8 Å². The summed E-state index contributed by atoms with van der Waals surface area (Å²) in [5, 5.41) is 7.41. The summed E-state index contributed by atoms with van der Waals surface area (Å²) in [4.78, 5) is 17.4. The predicted molar refractivity (Wildman–Crippen MR) is 114 cm³/mol. The van der Waals surface area contributed by atoms with Crippen molar-refractivity contribution in [1.29, 1.82) is 0 Å². The number of hydrogen-bond acceptors (Lipinski definition) is 4. The van der Waals surface area contributed by atoms with Crippen LogP contribution in [0.4, 0.5) is 0 Å². The molecule has 0 radical (unpaired) electrons. The van der Waals surface area contributed by atoms with Gasteiger partial charge in [-0.05, 0) is 48.7 Å². The van der Waals surface area contributed by atoms with Crippen LogP contribution in [-0.2, 0) is 11.3 Å². The number of nitrogens with zero attached hydrogens (tertiary/aromatic N) is 4. The van der Waals surface area contributed by atoms with E-state index in [1.807, 2.05) is 47.4 Å². The summed E-state index contributed by atoms with van der Waals surface area (Å²) in [6, 6.07) is 14.2. The van der Waals surface area contributed by atoms with Crippen molar-refractivity contribution in [2.45, 2.75) is 25.4 Å². The Morgan fingerprint density at radius 1 is 1.10 bits per heavy atom. The van der Waals surface area contributed by atoms with E-state index < -0.39 is 0 Å². The van der Waals surface area contributed by atoms with Crippen LogP contribution in [0, 0.1) is 0 Å². The molecule has 0 spiro atoms. The van der Waals surface area contributed by atoms with E-state index in [9.17, 15) is 4.79 Å². The van der Waals surface area contributed by atoms with Gasteiger partial charge in [0.25, 0.3) is 5.91 Å². The summed E-state index contributed by atoms with van der Waals surface area (Å²) in [5.41, 5.74) is 4.45. The van der Waals surface area contributed by atoms with E-state index in [-0.39, 0.29) is 11.9 Å². The molecule has 0 bridgehead atoms. The average Bonchev–Trinajstić information content (AvgIpc) is 3.44. The molecular formula is C23H23N5O2. The van der Waals surface area contributed by atoms with Crippen LogP contribution in [0.15, 0.2) is 67.3 Å². The average molecular weight is 401 g/mol. The van der Waals surface area contributed by atoms with Crippen molar-refractivity contribution in [3.63, 3.8) is 0 Å². The van der Waals surface area contributed by atoms with Crippen LogP contribution < -0.4 is 5.32 Å². The first kappa shape index (κ1) is 18.6. The standard InChI is InChI=1S/C23H23N5O2/c29-23(26-18-8-13-30-14-9-18)20-16-27(21-3-1-10-24-22(20)21)15-17-4-6-19(7-5-17)28-12-2-11-25-28/h1-7,10-12,16,18H,8-9,13-15H2,(H,26,29). The van der Waals surface area contributed by atoms with Gasteiger partial charge in [0, 0.05) is 50.6 Å². The Labute approximate surface area is 174 Å². The van der Waals surface area contributed by atoms with Gasteiger partial charge in [-0.2, -0.15) is 5.10 Å². The van der Waals surface area contributed by atoms with Gasteiger partial charge in [-0.25, -0.2) is 4.68 Å². The molecule has 152 valence electrons. The molecule has 1 aliphatic heterocycles. The number of fused-ring (bicyclic) bond motifs is 1. The molecule has 0 unspecified atom stereocenters. The van der Waals surface area contributed by atoms with E-state index in [0.29, 0.717) is 25.3 Å². The second-order valence-corrected chi connectivity index (χ2v) is 7.52. The molecule has 7 nitrogen and oxygen atoms in total. The van der Waals surface area contributed by atoms with Gasteiger partial charge in [0.2, 0.25) is 0 Å². The molecule has 3 aromatic heterocycles. The fourth-order valence-corrected chi connectivity index (χ4v) is 3.90. The zero-order chi connectivity index (χ0) is 20.3. The van der Waals surface area contributed by atoms with Gasteiger partial charge in [-0.3, -0.25) is 9.78 Å². The minimum Gasteiger partial charge on any atom is -0.381 e. The van der Waals surface area contributed by atoms with E-state index in [0.717, 1.165) is 35.1 Å². The van der Waals surface area contributed by atoms with E-state index in [1.165, 1.54) is 0 Å². The molecule has 1 fully saturated rings. The highest BCUT2D eigenvalue weighted by molar-refractivity contribution is 6.05. The Bertz CT molecular complexity index is 1140. The largest absolute Gasteiger partial charge is 0.381 e. The topological polar surface area (TPSA) is 74.0 Å². The molecule has 4 aromatic rings. The first-order valence-corrected chi connectivity index (χ1v) is 10.2. The second-order valence-electron chi connectivity index (χ2n) is 7.52. The quantitative estimate of drug-likeness (QED) is 0.557. The van der Waals surface area contributed by atoms with Crippen LogP contribution in [0.3, 0.4) is 0 Å². The fraction of sp³-hybridized carbons (Fsp3) is 0.261. The van der Waals surface area contributed by atoms with Crippen molar-refractivity contribution < 1.29 is 9.53 Å². The Balaban J connectivity index is 1.40. The maximum absolute atomic E-state index is 13.0. The van der Waals surface area contributed by atoms with Gasteiger partial charge in [0.15, 0.2) is 0 Å². The van der Waals surface area contributed by atoms with Crippen LogP contribution >= 0.6 is 0 Å². The predicted octanol–water partition coefficient (Wildman–Crippen LogP) is 3.18. The number of aromatic nitrogens is 4. The van der Waals surface area contributed by atoms with Gasteiger partial charge < -0.3 is 14.6 Å². The highest BCUT2D eigenvalue weighted by Crippen LogP contribution is 2.21. The SMILES string of the molecule is O=C(NC1CCOCC1)c1cn(Cc2ccc(-n3cccn3)cc2)c2cccnc12. The molecule has 5 rings (SSSR count). The monoisotopic (exact) mass is 401 g/mol. The molecule has 7 heteroatoms. The van der Waals surface area contributed by atoms with Crippen molar-refractivity contribution in [1.82, 2.24) is 24.6 Å². The number of carbonyl (C=O) groups is 1. The number of benzene rings is 1. The first-order chi connectivity index (χ1) is 14.8. The summed E-state index contributed by atoms with van der Waals surface area (Å²) < 4.78 is 9.30. The molecule has 1 N–H and O–H groups in total. The van der Waals surface area contributed by atoms with Crippen molar-refractivity contribution in [3.8, 4) is 5.69 Å². The third-order valence-electron chi connectivity index (χ3n) is 5.50. The third-order valence-corrected chi connectivity index (χ3v) is 5.50. The molecule has 30 heavy (non-hydrogen) atoms. The summed E-state index contributed by atoms with van der Waals surface area (Å²) >= 11 is 0. The Morgan fingerprint density at radius 2 is 1.93 bits per heavy atom. The fourth-order valence-electron chi connectivity index (χ4n) is 3.90. The zero-order valence-electron chi connectivity index (χ0n) is 16.6. The van der Waals surface area contributed by atoms with E-state index in [1.54, 1.807) is 12.4 Å². The molecule has 1 amide bonds. The van der Waals surface area contributed by atoms with Crippen LogP contribution in [0.25, 0.3) is 16.7 Å². The number of amides is 1. The minimum atomic E-state index is -0.0709. The first-order valence-electron chi connectivity index (χ1n) is 10.2. The maximum Gasteiger partial charge on any atom is 0.255 e. The zero-order valence-corrected chi connectivity index (χ0v) is 16.6. The van der Waals surface area contributed by atoms with Crippen LogP contribution in [0.2, 0.25) is 0 Å². The molecule has 4 heterocycles. The van der Waals surface area contributed by atoms with Gasteiger partial charge >= 0.3 is 0 Å². The molecule has 1 saturated heterocycles. The molecule has 0 atom stereocenters. The van der Waals surface area contributed by atoms with Crippen LogP contribution in [0.5, 0.6) is 0 Å². The number of carbonyl (C=O) groups excluding carboxylic acids is 1. The summed E-state index contributed by atoms with van der Waals surface area (Å²) in [7, 11) is 0. The lowest BCUT2D eigenvalue weighted by Crippen LogP contribution is -2.38. The summed E-state index contributed by atoms with van der Waals surface area (Å²) in [5.74, 6) is -0.0709. The van der Waals surface area contributed by atoms with Gasteiger partial charge in [-0.1, -0.05) is 12.1 Å². The van der Waals surface area contributed by atoms with Crippen molar-refractivity contribution in [2.75, 3.05) is 13.2 Å². The van der Waals surface area contributed by atoms with E-state index >= 15 is 0 Å². The lowest BCUT2D eigenvalue weighted by molar-refractivity contribution is 0.0697. The van der Waals surface area contributed by atoms with Gasteiger partial charge in [0.05, 0.1) is 16.8 Å².